The highest BCUT2D eigenvalue weighted by Crippen LogP contribution is 2.31. The van der Waals surface area contributed by atoms with E-state index in [-0.39, 0.29) is 12.5 Å². The normalized spacial score (nSPS) is 21.4. The van der Waals surface area contributed by atoms with Crippen molar-refractivity contribution in [3.8, 4) is 5.75 Å². The summed E-state index contributed by atoms with van der Waals surface area (Å²) in [6.07, 6.45) is 2.14. The number of carbonyl (C=O) groups excluding carboxylic acids is 2. The van der Waals surface area contributed by atoms with Gasteiger partial charge >= 0.3 is 0 Å². The quantitative estimate of drug-likeness (QED) is 0.906. The van der Waals surface area contributed by atoms with Gasteiger partial charge in [0.2, 0.25) is 5.91 Å². The van der Waals surface area contributed by atoms with Crippen LogP contribution in [0.4, 0.5) is 5.69 Å². The van der Waals surface area contributed by atoms with E-state index in [1.165, 1.54) is 0 Å². The smallest absolute Gasteiger partial charge is 0.262 e. The summed E-state index contributed by atoms with van der Waals surface area (Å²) in [7, 11) is 0. The molecule has 2 aliphatic heterocycles. The predicted molar refractivity (Wildman–Crippen MR) is 85.1 cm³/mol. The van der Waals surface area contributed by atoms with Crippen molar-refractivity contribution in [2.75, 3.05) is 38.1 Å². The van der Waals surface area contributed by atoms with Gasteiger partial charge in [0.05, 0.1) is 5.69 Å². The van der Waals surface area contributed by atoms with Gasteiger partial charge in [-0.25, -0.2) is 0 Å². The summed E-state index contributed by atoms with van der Waals surface area (Å²) in [4.78, 5) is 27.8. The lowest BCUT2D eigenvalue weighted by Crippen LogP contribution is -2.48. The number of hydrogen-bond donors (Lipinski definition) is 1. The molecule has 0 radical (unpaired) electrons. The third kappa shape index (κ3) is 3.17. The topological polar surface area (TPSA) is 61.9 Å². The number of benzene rings is 1. The zero-order valence-corrected chi connectivity index (χ0v) is 13.1. The van der Waals surface area contributed by atoms with Gasteiger partial charge in [0, 0.05) is 38.6 Å². The maximum atomic E-state index is 12.1. The van der Waals surface area contributed by atoms with Gasteiger partial charge in [0.1, 0.15) is 5.75 Å². The number of nitrogens with zero attached hydrogens (tertiary/aromatic N) is 2. The van der Waals surface area contributed by atoms with Gasteiger partial charge in [-0.1, -0.05) is 6.07 Å². The summed E-state index contributed by atoms with van der Waals surface area (Å²) < 4.78 is 5.38. The molecule has 4 rings (SSSR count). The Morgan fingerprint density at radius 2 is 2.00 bits per heavy atom. The second-order valence-electron chi connectivity index (χ2n) is 6.54. The van der Waals surface area contributed by atoms with Crippen LogP contribution in [0, 0.1) is 5.92 Å². The van der Waals surface area contributed by atoms with Gasteiger partial charge in [-0.2, -0.15) is 0 Å². The molecule has 6 nitrogen and oxygen atoms in total. The Labute approximate surface area is 135 Å². The zero-order valence-electron chi connectivity index (χ0n) is 13.1. The molecule has 2 heterocycles. The molecule has 0 aromatic heterocycles. The lowest BCUT2D eigenvalue weighted by atomic mass is 10.1. The van der Waals surface area contributed by atoms with Crippen LogP contribution in [0.2, 0.25) is 0 Å². The molecule has 0 spiro atoms. The van der Waals surface area contributed by atoms with Gasteiger partial charge in [-0.3, -0.25) is 14.5 Å². The van der Waals surface area contributed by atoms with E-state index in [0.717, 1.165) is 62.6 Å². The average Bonchev–Trinajstić information content (AvgIpc) is 3.39. The van der Waals surface area contributed by atoms with Crippen molar-refractivity contribution in [2.45, 2.75) is 19.4 Å². The second kappa shape index (κ2) is 5.85. The Hall–Kier alpha value is -2.08. The van der Waals surface area contributed by atoms with Gasteiger partial charge in [-0.05, 0) is 30.5 Å². The van der Waals surface area contributed by atoms with Crippen molar-refractivity contribution in [1.29, 1.82) is 0 Å². The van der Waals surface area contributed by atoms with Crippen molar-refractivity contribution in [3.05, 3.63) is 23.8 Å². The molecule has 2 fully saturated rings. The Balaban J connectivity index is 1.35. The molecule has 122 valence electrons. The highest BCUT2D eigenvalue weighted by Gasteiger charge is 2.34. The minimum atomic E-state index is -0.109. The Kier molecular flexibility index (Phi) is 3.69. The first-order chi connectivity index (χ1) is 11.2. The molecule has 0 bridgehead atoms. The third-order valence-electron chi connectivity index (χ3n) is 4.69. The van der Waals surface area contributed by atoms with Crippen LogP contribution >= 0.6 is 0 Å². The number of carbonyl (C=O) groups is 2. The van der Waals surface area contributed by atoms with Crippen molar-refractivity contribution in [1.82, 2.24) is 9.80 Å². The van der Waals surface area contributed by atoms with Crippen LogP contribution in [0.15, 0.2) is 18.2 Å². The fourth-order valence-electron chi connectivity index (χ4n) is 3.20. The van der Waals surface area contributed by atoms with Crippen molar-refractivity contribution >= 4 is 17.5 Å². The van der Waals surface area contributed by atoms with Crippen LogP contribution in [-0.4, -0.2) is 54.4 Å². The van der Waals surface area contributed by atoms with Crippen LogP contribution in [-0.2, 0) is 16.1 Å². The fraction of sp³-hybridized carbons (Fsp3) is 0.529. The van der Waals surface area contributed by atoms with Gasteiger partial charge in [-0.15, -0.1) is 0 Å². The molecule has 2 amide bonds. The minimum absolute atomic E-state index is 0.0866. The van der Waals surface area contributed by atoms with Crippen LogP contribution in [0.3, 0.4) is 0 Å². The Morgan fingerprint density at radius 3 is 2.74 bits per heavy atom. The standard InChI is InChI=1S/C17H21N3O3/c21-16-11-23-15-4-1-12(9-14(15)18-16)10-19-5-7-20(8-6-19)17(22)13-2-3-13/h1,4,9,13H,2-3,5-8,10-11H2,(H,18,21). The highest BCUT2D eigenvalue weighted by molar-refractivity contribution is 5.95. The first-order valence-corrected chi connectivity index (χ1v) is 8.26. The SMILES string of the molecule is O=C1COc2ccc(CN3CCN(C(=O)C4CC4)CC3)cc2N1. The van der Waals surface area contributed by atoms with E-state index in [4.69, 9.17) is 4.74 Å². The van der Waals surface area contributed by atoms with Gasteiger partial charge in [0.15, 0.2) is 6.61 Å². The highest BCUT2D eigenvalue weighted by atomic mass is 16.5. The van der Waals surface area contributed by atoms with E-state index in [0.29, 0.717) is 11.8 Å². The number of nitrogens with one attached hydrogen (secondary N) is 1. The first-order valence-electron chi connectivity index (χ1n) is 8.26. The lowest BCUT2D eigenvalue weighted by molar-refractivity contribution is -0.134. The minimum Gasteiger partial charge on any atom is -0.482 e. The van der Waals surface area contributed by atoms with Crippen molar-refractivity contribution in [2.24, 2.45) is 5.92 Å². The number of piperazine rings is 1. The molecule has 1 saturated heterocycles. The van der Waals surface area contributed by atoms with E-state index in [9.17, 15) is 9.59 Å². The summed E-state index contributed by atoms with van der Waals surface area (Å²) >= 11 is 0. The maximum absolute atomic E-state index is 12.1. The average molecular weight is 315 g/mol. The molecular weight excluding hydrogens is 294 g/mol. The van der Waals surface area contributed by atoms with E-state index in [2.05, 4.69) is 10.2 Å². The van der Waals surface area contributed by atoms with Crippen LogP contribution in [0.5, 0.6) is 5.75 Å². The summed E-state index contributed by atoms with van der Waals surface area (Å²) in [5.41, 5.74) is 1.90. The Bertz CT molecular complexity index is 634. The zero-order chi connectivity index (χ0) is 15.8. The van der Waals surface area contributed by atoms with Gasteiger partial charge < -0.3 is 15.0 Å². The van der Waals surface area contributed by atoms with E-state index in [1.807, 2.05) is 23.1 Å². The van der Waals surface area contributed by atoms with E-state index in [1.54, 1.807) is 0 Å². The number of hydrogen-bond acceptors (Lipinski definition) is 4. The molecule has 0 unspecified atom stereocenters. The molecule has 1 aliphatic carbocycles. The molecule has 1 aromatic carbocycles. The van der Waals surface area contributed by atoms with Crippen LogP contribution in [0.1, 0.15) is 18.4 Å². The number of ether oxygens (including phenoxy) is 1. The fourth-order valence-corrected chi connectivity index (χ4v) is 3.20. The largest absolute Gasteiger partial charge is 0.482 e. The predicted octanol–water partition coefficient (Wildman–Crippen LogP) is 1.07. The number of amides is 2. The van der Waals surface area contributed by atoms with Crippen LogP contribution < -0.4 is 10.1 Å². The first kappa shape index (κ1) is 14.5. The van der Waals surface area contributed by atoms with Crippen LogP contribution in [0.25, 0.3) is 0 Å². The summed E-state index contributed by atoms with van der Waals surface area (Å²) in [5, 5.41) is 2.84. The maximum Gasteiger partial charge on any atom is 0.262 e. The van der Waals surface area contributed by atoms with Gasteiger partial charge in [0.25, 0.3) is 5.91 Å². The summed E-state index contributed by atoms with van der Waals surface area (Å²) in [6.45, 7) is 4.36. The molecule has 3 aliphatic rings. The van der Waals surface area contributed by atoms with E-state index >= 15 is 0 Å². The molecule has 1 N–H and O–H groups in total. The third-order valence-corrected chi connectivity index (χ3v) is 4.69. The number of fused-ring (bicyclic) bond motifs is 1. The van der Waals surface area contributed by atoms with E-state index < -0.39 is 0 Å². The van der Waals surface area contributed by atoms with Crippen molar-refractivity contribution in [3.63, 3.8) is 0 Å². The molecule has 1 saturated carbocycles. The molecule has 6 heteroatoms. The number of anilines is 1. The molecular formula is C17H21N3O3. The Morgan fingerprint density at radius 1 is 1.22 bits per heavy atom. The lowest BCUT2D eigenvalue weighted by Gasteiger charge is -2.35. The summed E-state index contributed by atoms with van der Waals surface area (Å²) in [6, 6.07) is 5.93. The monoisotopic (exact) mass is 315 g/mol. The molecule has 23 heavy (non-hydrogen) atoms. The second-order valence-corrected chi connectivity index (χ2v) is 6.54. The van der Waals surface area contributed by atoms with Crippen molar-refractivity contribution < 1.29 is 14.3 Å². The molecule has 0 atom stereocenters. The molecule has 1 aromatic rings. The number of rotatable bonds is 3. The summed E-state index contributed by atoms with van der Waals surface area (Å²) in [5.74, 6) is 1.28.